The third-order valence-electron chi connectivity index (χ3n) is 1.64. The van der Waals surface area contributed by atoms with Crippen molar-refractivity contribution in [3.8, 4) is 0 Å². The van der Waals surface area contributed by atoms with Gasteiger partial charge in [0.2, 0.25) is 0 Å². The molecule has 6 N–H and O–H groups in total. The van der Waals surface area contributed by atoms with Gasteiger partial charge in [0, 0.05) is 6.54 Å². The van der Waals surface area contributed by atoms with Crippen LogP contribution in [0.25, 0.3) is 0 Å². The van der Waals surface area contributed by atoms with Crippen LogP contribution in [0.3, 0.4) is 0 Å². The van der Waals surface area contributed by atoms with E-state index in [1.807, 2.05) is 0 Å². The zero-order chi connectivity index (χ0) is 11.0. The standard InChI is InChI=1S/C9H17N3O2/c1-2-4-8(11)12-6-3-5-7(10)9(13)14/h2,4,7,12H,1,3,5-6,10-11H2,(H,13,14)/b8-4-. The number of nitrogens with one attached hydrogen (secondary N) is 1. The van der Waals surface area contributed by atoms with E-state index in [4.69, 9.17) is 16.6 Å². The minimum absolute atomic E-state index is 0.434. The average Bonchev–Trinajstić information content (AvgIpc) is 2.12. The molecule has 5 heteroatoms. The Hall–Kier alpha value is -1.49. The van der Waals surface area contributed by atoms with E-state index >= 15 is 0 Å². The summed E-state index contributed by atoms with van der Waals surface area (Å²) < 4.78 is 0. The van der Waals surface area contributed by atoms with Crippen molar-refractivity contribution in [2.75, 3.05) is 6.54 Å². The molecule has 0 aliphatic heterocycles. The Labute approximate surface area is 83.5 Å². The van der Waals surface area contributed by atoms with Gasteiger partial charge < -0.3 is 21.9 Å². The molecular weight excluding hydrogens is 182 g/mol. The normalized spacial score (nSPS) is 13.4. The number of hydrogen-bond acceptors (Lipinski definition) is 4. The molecule has 0 saturated carbocycles. The van der Waals surface area contributed by atoms with E-state index in [1.165, 1.54) is 0 Å². The molecule has 0 aliphatic rings. The van der Waals surface area contributed by atoms with E-state index < -0.39 is 12.0 Å². The predicted molar refractivity (Wildman–Crippen MR) is 55.3 cm³/mol. The lowest BCUT2D eigenvalue weighted by Crippen LogP contribution is -2.31. The summed E-state index contributed by atoms with van der Waals surface area (Å²) in [5, 5.41) is 11.4. The number of hydrogen-bond donors (Lipinski definition) is 4. The first-order valence-electron chi connectivity index (χ1n) is 4.38. The van der Waals surface area contributed by atoms with Crippen molar-refractivity contribution < 1.29 is 9.90 Å². The first-order valence-corrected chi connectivity index (χ1v) is 4.38. The molecule has 0 bridgehead atoms. The number of rotatable bonds is 7. The zero-order valence-corrected chi connectivity index (χ0v) is 8.07. The second kappa shape index (κ2) is 6.97. The Balaban J connectivity index is 3.51. The predicted octanol–water partition coefficient (Wildman–Crippen LogP) is -0.246. The van der Waals surface area contributed by atoms with Crippen LogP contribution >= 0.6 is 0 Å². The van der Waals surface area contributed by atoms with E-state index in [0.717, 1.165) is 0 Å². The van der Waals surface area contributed by atoms with Gasteiger partial charge in [-0.15, -0.1) is 0 Å². The number of carboxylic acids is 1. The Kier molecular flexibility index (Phi) is 6.22. The van der Waals surface area contributed by atoms with Gasteiger partial charge in [0.1, 0.15) is 6.04 Å². The van der Waals surface area contributed by atoms with Crippen molar-refractivity contribution in [3.63, 3.8) is 0 Å². The smallest absolute Gasteiger partial charge is 0.320 e. The minimum Gasteiger partial charge on any atom is -0.480 e. The van der Waals surface area contributed by atoms with Crippen LogP contribution in [0.5, 0.6) is 0 Å². The molecule has 1 unspecified atom stereocenters. The van der Waals surface area contributed by atoms with E-state index in [9.17, 15) is 4.79 Å². The highest BCUT2D eigenvalue weighted by molar-refractivity contribution is 5.72. The lowest BCUT2D eigenvalue weighted by molar-refractivity contribution is -0.138. The lowest BCUT2D eigenvalue weighted by Gasteiger charge is -2.07. The second-order valence-corrected chi connectivity index (χ2v) is 2.87. The molecule has 0 radical (unpaired) electrons. The van der Waals surface area contributed by atoms with Crippen LogP contribution in [0.4, 0.5) is 0 Å². The van der Waals surface area contributed by atoms with Crippen LogP contribution in [0.2, 0.25) is 0 Å². The largest absolute Gasteiger partial charge is 0.480 e. The molecule has 0 saturated heterocycles. The third-order valence-corrected chi connectivity index (χ3v) is 1.64. The molecule has 14 heavy (non-hydrogen) atoms. The molecule has 0 aliphatic carbocycles. The van der Waals surface area contributed by atoms with Gasteiger partial charge in [-0.25, -0.2) is 0 Å². The first-order chi connectivity index (χ1) is 6.57. The Morgan fingerprint density at radius 2 is 2.29 bits per heavy atom. The van der Waals surface area contributed by atoms with Gasteiger partial charge in [-0.1, -0.05) is 12.7 Å². The van der Waals surface area contributed by atoms with Gasteiger partial charge in [-0.2, -0.15) is 0 Å². The van der Waals surface area contributed by atoms with Crippen LogP contribution < -0.4 is 16.8 Å². The fourth-order valence-electron chi connectivity index (χ4n) is 0.864. The van der Waals surface area contributed by atoms with Crippen LogP contribution in [0, 0.1) is 0 Å². The Morgan fingerprint density at radius 3 is 2.79 bits per heavy atom. The van der Waals surface area contributed by atoms with Gasteiger partial charge in [-0.3, -0.25) is 4.79 Å². The molecule has 0 aromatic carbocycles. The van der Waals surface area contributed by atoms with Crippen LogP contribution in [0.15, 0.2) is 24.6 Å². The molecule has 0 fully saturated rings. The quantitative estimate of drug-likeness (QED) is 0.334. The van der Waals surface area contributed by atoms with E-state index in [2.05, 4.69) is 11.9 Å². The second-order valence-electron chi connectivity index (χ2n) is 2.87. The molecule has 80 valence electrons. The summed E-state index contributed by atoms with van der Waals surface area (Å²) in [5.74, 6) is -0.455. The molecule has 0 heterocycles. The number of carbonyl (C=O) groups is 1. The van der Waals surface area contributed by atoms with Gasteiger partial charge in [-0.05, 0) is 18.9 Å². The monoisotopic (exact) mass is 199 g/mol. The van der Waals surface area contributed by atoms with Crippen molar-refractivity contribution in [2.45, 2.75) is 18.9 Å². The number of nitrogens with two attached hydrogens (primary N) is 2. The number of allylic oxidation sites excluding steroid dienone is 2. The van der Waals surface area contributed by atoms with Crippen LogP contribution in [-0.2, 0) is 4.79 Å². The van der Waals surface area contributed by atoms with Gasteiger partial charge >= 0.3 is 5.97 Å². The van der Waals surface area contributed by atoms with E-state index in [-0.39, 0.29) is 0 Å². The summed E-state index contributed by atoms with van der Waals surface area (Å²) in [6.07, 6.45) is 4.31. The maximum atomic E-state index is 10.3. The number of carboxylic acid groups (broad SMARTS) is 1. The van der Waals surface area contributed by atoms with Crippen molar-refractivity contribution >= 4 is 5.97 Å². The van der Waals surface area contributed by atoms with Crippen molar-refractivity contribution in [2.24, 2.45) is 11.5 Å². The summed E-state index contributed by atoms with van der Waals surface area (Å²) >= 11 is 0. The van der Waals surface area contributed by atoms with Crippen molar-refractivity contribution in [3.05, 3.63) is 24.6 Å². The van der Waals surface area contributed by atoms with E-state index in [1.54, 1.807) is 12.2 Å². The molecule has 0 amide bonds. The van der Waals surface area contributed by atoms with Gasteiger partial charge in [0.05, 0.1) is 5.82 Å². The number of aliphatic carboxylic acids is 1. The Morgan fingerprint density at radius 1 is 1.64 bits per heavy atom. The SMILES string of the molecule is C=C/C=C(/N)NCCCC(N)C(=O)O. The summed E-state index contributed by atoms with van der Waals surface area (Å²) in [6, 6.07) is -0.790. The summed E-state index contributed by atoms with van der Waals surface area (Å²) in [4.78, 5) is 10.3. The minimum atomic E-state index is -0.973. The van der Waals surface area contributed by atoms with Gasteiger partial charge in [0.15, 0.2) is 0 Å². The molecule has 0 rings (SSSR count). The van der Waals surface area contributed by atoms with Crippen LogP contribution in [0.1, 0.15) is 12.8 Å². The van der Waals surface area contributed by atoms with Gasteiger partial charge in [0.25, 0.3) is 0 Å². The molecule has 5 nitrogen and oxygen atoms in total. The fraction of sp³-hybridized carbons (Fsp3) is 0.444. The van der Waals surface area contributed by atoms with Crippen molar-refractivity contribution in [1.82, 2.24) is 5.32 Å². The topological polar surface area (TPSA) is 101 Å². The highest BCUT2D eigenvalue weighted by Crippen LogP contribution is 1.93. The highest BCUT2D eigenvalue weighted by atomic mass is 16.4. The molecular formula is C9H17N3O2. The maximum Gasteiger partial charge on any atom is 0.320 e. The lowest BCUT2D eigenvalue weighted by atomic mass is 10.2. The summed E-state index contributed by atoms with van der Waals surface area (Å²) in [6.45, 7) is 4.09. The zero-order valence-electron chi connectivity index (χ0n) is 8.07. The maximum absolute atomic E-state index is 10.3. The summed E-state index contributed by atoms with van der Waals surface area (Å²) in [7, 11) is 0. The highest BCUT2D eigenvalue weighted by Gasteiger charge is 2.09. The Bertz CT molecular complexity index is 226. The molecule has 0 spiro atoms. The first kappa shape index (κ1) is 12.5. The van der Waals surface area contributed by atoms with E-state index in [0.29, 0.717) is 25.2 Å². The molecule has 0 aromatic heterocycles. The summed E-state index contributed by atoms with van der Waals surface area (Å²) in [5.41, 5.74) is 10.8. The van der Waals surface area contributed by atoms with Crippen LogP contribution in [-0.4, -0.2) is 23.7 Å². The molecule has 1 atom stereocenters. The average molecular weight is 199 g/mol. The molecule has 0 aromatic rings. The third kappa shape index (κ3) is 6.07. The van der Waals surface area contributed by atoms with Crippen molar-refractivity contribution in [1.29, 1.82) is 0 Å². The fourth-order valence-corrected chi connectivity index (χ4v) is 0.864.